The van der Waals surface area contributed by atoms with Crippen molar-refractivity contribution in [2.75, 3.05) is 20.8 Å². The largest absolute Gasteiger partial charge is 0.497 e. The molecule has 0 aliphatic rings. The summed E-state index contributed by atoms with van der Waals surface area (Å²) in [5.41, 5.74) is 2.91. The summed E-state index contributed by atoms with van der Waals surface area (Å²) in [5, 5.41) is 0.768. The van der Waals surface area contributed by atoms with Gasteiger partial charge in [0.1, 0.15) is 22.6 Å². The molecule has 7 nitrogen and oxygen atoms in total. The van der Waals surface area contributed by atoms with E-state index in [2.05, 4.69) is 0 Å². The number of pyridine rings is 1. The molecule has 0 spiro atoms. The molecule has 5 rings (SSSR count). The van der Waals surface area contributed by atoms with Gasteiger partial charge in [0, 0.05) is 16.5 Å². The van der Waals surface area contributed by atoms with Crippen LogP contribution in [0.1, 0.15) is 22.8 Å². The minimum Gasteiger partial charge on any atom is -0.497 e. The number of esters is 1. The third-order valence-corrected chi connectivity index (χ3v) is 6.15. The van der Waals surface area contributed by atoms with Gasteiger partial charge in [0.2, 0.25) is 0 Å². The summed E-state index contributed by atoms with van der Waals surface area (Å²) in [5.74, 6) is 0.591. The standard InChI is InChI=1S/C29H25NO6/c1-4-35-29(32)25-24(18-13-15-20(33-2)16-14-18)27-26(21-10-6-8-12-23(21)36-27)30(28(25)31)17-19-9-5-7-11-22(19)34-3/h5-16H,4,17H2,1-3H3. The van der Waals surface area contributed by atoms with Crippen molar-refractivity contribution in [3.63, 3.8) is 0 Å². The second kappa shape index (κ2) is 9.62. The Bertz CT molecular complexity index is 1630. The summed E-state index contributed by atoms with van der Waals surface area (Å²) in [7, 11) is 3.16. The number of rotatable bonds is 7. The van der Waals surface area contributed by atoms with Crippen LogP contribution in [0.5, 0.6) is 11.5 Å². The van der Waals surface area contributed by atoms with Gasteiger partial charge in [-0.05, 0) is 42.8 Å². The number of aromatic nitrogens is 1. The first-order valence-electron chi connectivity index (χ1n) is 11.6. The number of nitrogens with zero attached hydrogens (tertiary/aromatic N) is 1. The molecule has 7 heteroatoms. The van der Waals surface area contributed by atoms with E-state index in [-0.39, 0.29) is 18.7 Å². The van der Waals surface area contributed by atoms with Crippen molar-refractivity contribution >= 4 is 28.0 Å². The Balaban J connectivity index is 1.90. The summed E-state index contributed by atoms with van der Waals surface area (Å²) in [6.45, 7) is 2.02. The lowest BCUT2D eigenvalue weighted by Crippen LogP contribution is -2.29. The molecule has 2 heterocycles. The molecule has 0 aliphatic heterocycles. The van der Waals surface area contributed by atoms with Crippen molar-refractivity contribution in [2.24, 2.45) is 0 Å². The molecule has 0 amide bonds. The van der Waals surface area contributed by atoms with E-state index in [0.29, 0.717) is 39.3 Å². The molecule has 0 fully saturated rings. The van der Waals surface area contributed by atoms with Crippen LogP contribution in [0.15, 0.2) is 82.0 Å². The molecule has 0 aliphatic carbocycles. The number of methoxy groups -OCH3 is 2. The van der Waals surface area contributed by atoms with Gasteiger partial charge in [0.05, 0.1) is 32.9 Å². The SMILES string of the molecule is CCOC(=O)c1c(-c2ccc(OC)cc2)c2oc3ccccc3c2n(Cc2ccccc2OC)c1=O. The Morgan fingerprint density at radius 1 is 0.917 bits per heavy atom. The summed E-state index contributed by atoms with van der Waals surface area (Å²) in [6.07, 6.45) is 0. The zero-order valence-corrected chi connectivity index (χ0v) is 20.2. The molecule has 0 atom stereocenters. The fraction of sp³-hybridized carbons (Fsp3) is 0.172. The van der Waals surface area contributed by atoms with Gasteiger partial charge in [0.15, 0.2) is 5.58 Å². The van der Waals surface area contributed by atoms with Crippen molar-refractivity contribution < 1.29 is 23.4 Å². The number of hydrogen-bond donors (Lipinski definition) is 0. The Morgan fingerprint density at radius 2 is 1.64 bits per heavy atom. The molecular weight excluding hydrogens is 458 g/mol. The summed E-state index contributed by atoms with van der Waals surface area (Å²) in [4.78, 5) is 27.4. The highest BCUT2D eigenvalue weighted by Gasteiger charge is 2.28. The van der Waals surface area contributed by atoms with Crippen molar-refractivity contribution in [1.29, 1.82) is 0 Å². The van der Waals surface area contributed by atoms with Crippen LogP contribution < -0.4 is 15.0 Å². The molecular formula is C29H25NO6. The van der Waals surface area contributed by atoms with Crippen molar-refractivity contribution in [2.45, 2.75) is 13.5 Å². The highest BCUT2D eigenvalue weighted by atomic mass is 16.5. The first-order chi connectivity index (χ1) is 17.6. The molecule has 0 saturated heterocycles. The van der Waals surface area contributed by atoms with E-state index in [1.54, 1.807) is 50.0 Å². The van der Waals surface area contributed by atoms with Crippen molar-refractivity contribution in [1.82, 2.24) is 4.57 Å². The van der Waals surface area contributed by atoms with Gasteiger partial charge in [-0.2, -0.15) is 0 Å². The third-order valence-electron chi connectivity index (χ3n) is 6.15. The minimum absolute atomic E-state index is 0.0801. The van der Waals surface area contributed by atoms with Crippen LogP contribution in [-0.2, 0) is 11.3 Å². The molecule has 0 N–H and O–H groups in total. The normalized spacial score (nSPS) is 11.1. The average molecular weight is 484 g/mol. The molecule has 5 aromatic rings. The quantitative estimate of drug-likeness (QED) is 0.278. The summed E-state index contributed by atoms with van der Waals surface area (Å²) in [6, 6.07) is 22.1. The maximum atomic E-state index is 14.1. The van der Waals surface area contributed by atoms with E-state index >= 15 is 0 Å². The van der Waals surface area contributed by atoms with Gasteiger partial charge in [-0.1, -0.05) is 42.5 Å². The van der Waals surface area contributed by atoms with Crippen LogP contribution in [0.2, 0.25) is 0 Å². The van der Waals surface area contributed by atoms with Crippen LogP contribution in [0.4, 0.5) is 0 Å². The number of furan rings is 1. The smallest absolute Gasteiger partial charge is 0.344 e. The van der Waals surface area contributed by atoms with E-state index in [1.165, 1.54) is 0 Å². The van der Waals surface area contributed by atoms with Crippen LogP contribution in [0.25, 0.3) is 33.2 Å². The minimum atomic E-state index is -0.704. The zero-order valence-electron chi connectivity index (χ0n) is 20.2. The lowest BCUT2D eigenvalue weighted by molar-refractivity contribution is 0.0524. The second-order valence-electron chi connectivity index (χ2n) is 8.18. The fourth-order valence-corrected chi connectivity index (χ4v) is 4.51. The lowest BCUT2D eigenvalue weighted by Gasteiger charge is -2.16. The van der Waals surface area contributed by atoms with Gasteiger partial charge < -0.3 is 18.6 Å². The molecule has 0 bridgehead atoms. The number of ether oxygens (including phenoxy) is 3. The molecule has 36 heavy (non-hydrogen) atoms. The van der Waals surface area contributed by atoms with Gasteiger partial charge >= 0.3 is 5.97 Å². The van der Waals surface area contributed by atoms with Crippen LogP contribution in [-0.4, -0.2) is 31.4 Å². The number of para-hydroxylation sites is 2. The second-order valence-corrected chi connectivity index (χ2v) is 8.18. The maximum absolute atomic E-state index is 14.1. The van der Waals surface area contributed by atoms with E-state index in [1.807, 2.05) is 48.5 Å². The van der Waals surface area contributed by atoms with Crippen LogP contribution >= 0.6 is 0 Å². The Kier molecular flexibility index (Phi) is 6.21. The van der Waals surface area contributed by atoms with Crippen molar-refractivity contribution in [3.05, 3.63) is 94.3 Å². The Labute approximate surface area is 207 Å². The molecule has 0 saturated carbocycles. The van der Waals surface area contributed by atoms with E-state index < -0.39 is 11.5 Å². The summed E-state index contributed by atoms with van der Waals surface area (Å²) < 4.78 is 24.1. The van der Waals surface area contributed by atoms with Crippen LogP contribution in [0, 0.1) is 0 Å². The van der Waals surface area contributed by atoms with Crippen molar-refractivity contribution in [3.8, 4) is 22.6 Å². The zero-order chi connectivity index (χ0) is 25.2. The highest BCUT2D eigenvalue weighted by Crippen LogP contribution is 2.38. The number of fused-ring (bicyclic) bond motifs is 3. The Morgan fingerprint density at radius 3 is 2.36 bits per heavy atom. The predicted molar refractivity (Wildman–Crippen MR) is 138 cm³/mol. The number of carbonyl (C=O) groups excluding carboxylic acids is 1. The topological polar surface area (TPSA) is 79.9 Å². The fourth-order valence-electron chi connectivity index (χ4n) is 4.51. The Hall–Kier alpha value is -4.52. The van der Waals surface area contributed by atoms with E-state index in [9.17, 15) is 9.59 Å². The predicted octanol–water partition coefficient (Wildman–Crippen LogP) is 5.66. The maximum Gasteiger partial charge on any atom is 0.344 e. The molecule has 3 aromatic carbocycles. The average Bonchev–Trinajstić information content (AvgIpc) is 3.29. The number of hydrogen-bond acceptors (Lipinski definition) is 6. The first-order valence-corrected chi connectivity index (χ1v) is 11.6. The van der Waals surface area contributed by atoms with Gasteiger partial charge in [-0.25, -0.2) is 4.79 Å². The molecule has 2 aromatic heterocycles. The number of carbonyl (C=O) groups is 1. The van der Waals surface area contributed by atoms with Gasteiger partial charge in [-0.3, -0.25) is 9.36 Å². The van der Waals surface area contributed by atoms with E-state index in [0.717, 1.165) is 10.9 Å². The highest BCUT2D eigenvalue weighted by molar-refractivity contribution is 6.12. The van der Waals surface area contributed by atoms with Crippen LogP contribution in [0.3, 0.4) is 0 Å². The molecule has 0 unspecified atom stereocenters. The molecule has 182 valence electrons. The van der Waals surface area contributed by atoms with Gasteiger partial charge in [-0.15, -0.1) is 0 Å². The number of benzene rings is 3. The first kappa shape index (κ1) is 23.2. The van der Waals surface area contributed by atoms with Gasteiger partial charge in [0.25, 0.3) is 5.56 Å². The third kappa shape index (κ3) is 3.88. The molecule has 0 radical (unpaired) electrons. The summed E-state index contributed by atoms with van der Waals surface area (Å²) >= 11 is 0. The lowest BCUT2D eigenvalue weighted by atomic mass is 9.98. The monoisotopic (exact) mass is 483 g/mol. The van der Waals surface area contributed by atoms with E-state index in [4.69, 9.17) is 18.6 Å².